The van der Waals surface area contributed by atoms with Crippen molar-refractivity contribution in [1.29, 1.82) is 5.26 Å². The molecule has 1 saturated heterocycles. The zero-order chi connectivity index (χ0) is 41.6. The molecule has 3 unspecified atom stereocenters. The monoisotopic (exact) mass is 815 g/mol. The summed E-state index contributed by atoms with van der Waals surface area (Å²) >= 11 is 1.64. The van der Waals surface area contributed by atoms with Gasteiger partial charge >= 0.3 is 17.9 Å². The second-order valence-electron chi connectivity index (χ2n) is 16.5. The minimum atomic E-state index is -0.987. The zero-order valence-electron chi connectivity index (χ0n) is 35.1. The molecule has 1 aromatic carbocycles. The molecule has 0 aromatic heterocycles. The Bertz CT molecular complexity index is 1650. The van der Waals surface area contributed by atoms with Gasteiger partial charge in [0.25, 0.3) is 0 Å². The molecule has 3 aliphatic rings. The molecule has 58 heavy (non-hydrogen) atoms. The smallest absolute Gasteiger partial charge is 0.335 e. The number of aliphatic carboxylic acids is 2. The molecule has 9 nitrogen and oxygen atoms in total. The van der Waals surface area contributed by atoms with Crippen LogP contribution in [0.3, 0.4) is 0 Å². The summed E-state index contributed by atoms with van der Waals surface area (Å²) in [5.41, 5.74) is 1.98. The Morgan fingerprint density at radius 2 is 1.50 bits per heavy atom. The molecular weight excluding hydrogens is 747 g/mol. The van der Waals surface area contributed by atoms with Crippen LogP contribution in [0.5, 0.6) is 0 Å². The molecular formula is C48H69N3O6S. The lowest BCUT2D eigenvalue weighted by Crippen LogP contribution is -2.49. The maximum Gasteiger partial charge on any atom is 0.335 e. The summed E-state index contributed by atoms with van der Waals surface area (Å²) < 4.78 is 0. The largest absolute Gasteiger partial charge is 0.481 e. The quantitative estimate of drug-likeness (QED) is 0.0324. The number of unbranched alkanes of at least 4 members (excludes halogenated alkanes) is 15. The van der Waals surface area contributed by atoms with Gasteiger partial charge in [0.15, 0.2) is 0 Å². The van der Waals surface area contributed by atoms with Crippen LogP contribution in [0.15, 0.2) is 65.3 Å². The van der Waals surface area contributed by atoms with Gasteiger partial charge < -0.3 is 25.1 Å². The van der Waals surface area contributed by atoms with E-state index >= 15 is 0 Å². The molecule has 0 bridgehead atoms. The number of hydrogen-bond donors (Lipinski definition) is 3. The Balaban J connectivity index is 1.53. The first-order valence-electron chi connectivity index (χ1n) is 22.3. The van der Waals surface area contributed by atoms with Gasteiger partial charge in [-0.2, -0.15) is 5.26 Å². The van der Waals surface area contributed by atoms with E-state index in [-0.39, 0.29) is 36.9 Å². The molecule has 0 amide bonds. The van der Waals surface area contributed by atoms with Crippen LogP contribution >= 0.6 is 11.8 Å². The van der Waals surface area contributed by atoms with Gasteiger partial charge in [-0.3, -0.25) is 9.59 Å². The van der Waals surface area contributed by atoms with Crippen molar-refractivity contribution < 1.29 is 29.7 Å². The predicted octanol–water partition coefficient (Wildman–Crippen LogP) is 11.7. The van der Waals surface area contributed by atoms with Gasteiger partial charge in [-0.15, -0.1) is 11.8 Å². The number of rotatable bonds is 28. The van der Waals surface area contributed by atoms with Crippen LogP contribution in [-0.2, 0) is 15.0 Å². The fourth-order valence-electron chi connectivity index (χ4n) is 9.28. The van der Waals surface area contributed by atoms with E-state index in [9.17, 15) is 35.0 Å². The highest BCUT2D eigenvalue weighted by molar-refractivity contribution is 8.03. The summed E-state index contributed by atoms with van der Waals surface area (Å²) in [6.07, 6.45) is 36.4. The second-order valence-corrected chi connectivity index (χ2v) is 17.6. The van der Waals surface area contributed by atoms with E-state index in [1.54, 1.807) is 23.9 Å². The highest BCUT2D eigenvalue weighted by Gasteiger charge is 2.53. The SMILES string of the molecule is CCCCCCCCCCCCCCCCCCC1(C2C=CCCC2)c2cc(C(=O)O)ccc2N(CCC(=O)O)C1/C=C/C(C#N)=C/C=C1\SCCN1CCC(=O)O. The molecule has 0 saturated carbocycles. The summed E-state index contributed by atoms with van der Waals surface area (Å²) in [5, 5.41) is 40.5. The average Bonchev–Trinajstić information content (AvgIpc) is 3.78. The number of carboxylic acid groups (broad SMARTS) is 3. The zero-order valence-corrected chi connectivity index (χ0v) is 35.9. The molecule has 3 atom stereocenters. The molecule has 318 valence electrons. The predicted molar refractivity (Wildman–Crippen MR) is 236 cm³/mol. The number of allylic oxidation sites excluding steroid dienone is 6. The highest BCUT2D eigenvalue weighted by Crippen LogP contribution is 2.55. The van der Waals surface area contributed by atoms with Gasteiger partial charge in [0.2, 0.25) is 0 Å². The molecule has 4 rings (SSSR count). The van der Waals surface area contributed by atoms with Crippen LogP contribution in [0, 0.1) is 17.2 Å². The van der Waals surface area contributed by atoms with Crippen LogP contribution in [0.25, 0.3) is 0 Å². The fourth-order valence-corrected chi connectivity index (χ4v) is 10.3. The van der Waals surface area contributed by atoms with Crippen LogP contribution in [0.2, 0.25) is 0 Å². The minimum Gasteiger partial charge on any atom is -0.481 e. The molecule has 2 aliphatic heterocycles. The van der Waals surface area contributed by atoms with E-state index in [0.29, 0.717) is 12.1 Å². The molecule has 3 N–H and O–H groups in total. The van der Waals surface area contributed by atoms with E-state index in [0.717, 1.165) is 73.5 Å². The highest BCUT2D eigenvalue weighted by atomic mass is 32.2. The van der Waals surface area contributed by atoms with E-state index in [1.165, 1.54) is 83.5 Å². The van der Waals surface area contributed by atoms with Crippen molar-refractivity contribution in [2.75, 3.05) is 30.3 Å². The molecule has 0 radical (unpaired) electrons. The molecule has 1 aromatic rings. The van der Waals surface area contributed by atoms with Crippen molar-refractivity contribution in [2.24, 2.45) is 5.92 Å². The Labute approximate surface area is 352 Å². The summed E-state index contributed by atoms with van der Waals surface area (Å²) in [6.45, 7) is 3.69. The molecule has 2 heterocycles. The molecule has 1 fully saturated rings. The van der Waals surface area contributed by atoms with Crippen molar-refractivity contribution >= 4 is 35.4 Å². The van der Waals surface area contributed by atoms with Crippen LogP contribution in [0.4, 0.5) is 5.69 Å². The minimum absolute atomic E-state index is 0.0434. The fraction of sp³-hybridized carbons (Fsp3) is 0.625. The first kappa shape index (κ1) is 46.7. The normalized spacial score (nSPS) is 21.2. The maximum atomic E-state index is 12.4. The van der Waals surface area contributed by atoms with Crippen molar-refractivity contribution in [3.63, 3.8) is 0 Å². The Kier molecular flexibility index (Phi) is 20.5. The van der Waals surface area contributed by atoms with E-state index in [2.05, 4.69) is 36.1 Å². The van der Waals surface area contributed by atoms with Gasteiger partial charge in [0.1, 0.15) is 0 Å². The van der Waals surface area contributed by atoms with Gasteiger partial charge in [0, 0.05) is 36.5 Å². The van der Waals surface area contributed by atoms with Crippen LogP contribution in [-0.4, -0.2) is 69.6 Å². The van der Waals surface area contributed by atoms with E-state index in [4.69, 9.17) is 0 Å². The summed E-state index contributed by atoms with van der Waals surface area (Å²) in [7, 11) is 0. The number of benzene rings is 1. The number of nitriles is 1. The number of thioether (sulfide) groups is 1. The summed E-state index contributed by atoms with van der Waals surface area (Å²) in [6, 6.07) is 7.36. The first-order valence-corrected chi connectivity index (χ1v) is 23.3. The molecule has 1 aliphatic carbocycles. The molecule has 0 spiro atoms. The topological polar surface area (TPSA) is 142 Å². The Morgan fingerprint density at radius 3 is 2.07 bits per heavy atom. The standard InChI is InChI=1S/C48H69N3O6S/c1-2-3-4-5-6-7-8-9-10-11-12-13-14-15-16-20-31-48(40-21-18-17-19-22-40)41-36-39(47(56)57)25-26-42(41)51(33-30-46(54)55)43(48)27-23-38(37-49)24-28-44-50(34-35-58-44)32-29-45(52)53/h18,21,23-28,36,40,43H,2-17,19-20,22,29-35H2,1H3,(H,52,53)(H,54,55)(H,56,57)/b27-23+,38-24-,44-28-. The van der Waals surface area contributed by atoms with E-state index < -0.39 is 23.3 Å². The number of carbonyl (C=O) groups is 3. The van der Waals surface area contributed by atoms with Gasteiger partial charge in [-0.1, -0.05) is 128 Å². The lowest BCUT2D eigenvalue weighted by atomic mass is 9.61. The van der Waals surface area contributed by atoms with Gasteiger partial charge in [-0.05, 0) is 73.6 Å². The van der Waals surface area contributed by atoms with Crippen LogP contribution in [0.1, 0.15) is 164 Å². The number of anilines is 1. The lowest BCUT2D eigenvalue weighted by Gasteiger charge is -2.44. The maximum absolute atomic E-state index is 12.4. The molecule has 10 heteroatoms. The van der Waals surface area contributed by atoms with Gasteiger partial charge in [0.05, 0.1) is 41.1 Å². The van der Waals surface area contributed by atoms with E-state index in [1.807, 2.05) is 29.2 Å². The Morgan fingerprint density at radius 1 is 0.879 bits per heavy atom. The Hall–Kier alpha value is -3.97. The number of carboxylic acids is 3. The third-order valence-electron chi connectivity index (χ3n) is 12.4. The number of nitrogens with zero attached hydrogens (tertiary/aromatic N) is 3. The second kappa shape index (κ2) is 25.5. The lowest BCUT2D eigenvalue weighted by molar-refractivity contribution is -0.138. The van der Waals surface area contributed by atoms with Gasteiger partial charge in [-0.25, -0.2) is 4.79 Å². The number of hydrogen-bond acceptors (Lipinski definition) is 7. The number of fused-ring (bicyclic) bond motifs is 1. The summed E-state index contributed by atoms with van der Waals surface area (Å²) in [5.74, 6) is -1.77. The summed E-state index contributed by atoms with van der Waals surface area (Å²) in [4.78, 5) is 39.8. The van der Waals surface area contributed by atoms with Crippen molar-refractivity contribution in [3.8, 4) is 6.07 Å². The van der Waals surface area contributed by atoms with Crippen molar-refractivity contribution in [1.82, 2.24) is 4.90 Å². The first-order chi connectivity index (χ1) is 28.2. The third kappa shape index (κ3) is 14.1. The third-order valence-corrected chi connectivity index (χ3v) is 13.4. The number of aromatic carboxylic acids is 1. The van der Waals surface area contributed by atoms with Crippen molar-refractivity contribution in [3.05, 3.63) is 76.4 Å². The van der Waals surface area contributed by atoms with Crippen LogP contribution < -0.4 is 4.90 Å². The average molecular weight is 816 g/mol. The van der Waals surface area contributed by atoms with Crippen molar-refractivity contribution in [2.45, 2.75) is 160 Å².